The molecule has 4 unspecified atom stereocenters. The van der Waals surface area contributed by atoms with Crippen molar-refractivity contribution in [3.63, 3.8) is 0 Å². The number of hydrogen-bond acceptors (Lipinski definition) is 4. The largest absolute Gasteiger partial charge is 0.481 e. The molecule has 3 rings (SSSR count). The van der Waals surface area contributed by atoms with Crippen molar-refractivity contribution in [3.8, 4) is 0 Å². The Labute approximate surface area is 150 Å². The van der Waals surface area contributed by atoms with Crippen LogP contribution in [0, 0.1) is 17.8 Å². The quantitative estimate of drug-likeness (QED) is 0.725. The minimum atomic E-state index is -3.41. The molecular weight excluding hydrogens is 342 g/mol. The van der Waals surface area contributed by atoms with Gasteiger partial charge in [-0.3, -0.25) is 9.69 Å². The predicted octanol–water partition coefficient (Wildman–Crippen LogP) is 0.856. The fraction of sp³-hybridized carbons (Fsp3) is 0.824. The van der Waals surface area contributed by atoms with Crippen LogP contribution in [0.1, 0.15) is 25.7 Å². The van der Waals surface area contributed by atoms with Gasteiger partial charge < -0.3 is 5.11 Å². The van der Waals surface area contributed by atoms with Crippen molar-refractivity contribution in [1.29, 1.82) is 0 Å². The summed E-state index contributed by atoms with van der Waals surface area (Å²) in [4.78, 5) is 13.3. The van der Waals surface area contributed by atoms with Crippen LogP contribution in [0.2, 0.25) is 0 Å². The molecule has 0 aromatic rings. The van der Waals surface area contributed by atoms with E-state index >= 15 is 0 Å². The number of nitrogens with zero attached hydrogens (tertiary/aromatic N) is 3. The number of hydrogen-bond donors (Lipinski definition) is 1. The van der Waals surface area contributed by atoms with E-state index in [1.54, 1.807) is 24.5 Å². The molecule has 3 saturated heterocycles. The molecule has 0 aromatic carbocycles. The van der Waals surface area contributed by atoms with E-state index in [-0.39, 0.29) is 18.3 Å². The Morgan fingerprint density at radius 2 is 2.00 bits per heavy atom. The van der Waals surface area contributed by atoms with Gasteiger partial charge in [0.1, 0.15) is 0 Å². The van der Waals surface area contributed by atoms with E-state index < -0.39 is 16.2 Å². The molecule has 0 bridgehead atoms. The van der Waals surface area contributed by atoms with Crippen LogP contribution in [0.3, 0.4) is 0 Å². The third-order valence-corrected chi connectivity index (χ3v) is 7.85. The number of carbonyl (C=O) groups is 1. The molecule has 7 nitrogen and oxygen atoms in total. The Morgan fingerprint density at radius 3 is 2.68 bits per heavy atom. The van der Waals surface area contributed by atoms with E-state index in [9.17, 15) is 13.2 Å². The van der Waals surface area contributed by atoms with Gasteiger partial charge in [0.05, 0.1) is 6.42 Å². The first-order valence-corrected chi connectivity index (χ1v) is 10.5. The van der Waals surface area contributed by atoms with Crippen LogP contribution in [0.5, 0.6) is 0 Å². The first-order chi connectivity index (χ1) is 11.8. The van der Waals surface area contributed by atoms with Crippen molar-refractivity contribution in [3.05, 3.63) is 12.2 Å². The Bertz CT molecular complexity index is 634. The molecule has 3 aliphatic heterocycles. The molecule has 0 spiro atoms. The molecule has 4 atom stereocenters. The summed E-state index contributed by atoms with van der Waals surface area (Å²) in [6.45, 7) is 3.26. The van der Waals surface area contributed by atoms with Gasteiger partial charge in [0, 0.05) is 33.2 Å². The maximum absolute atomic E-state index is 12.7. The van der Waals surface area contributed by atoms with Crippen molar-refractivity contribution in [2.45, 2.75) is 31.7 Å². The molecule has 3 heterocycles. The molecule has 8 heteroatoms. The molecule has 0 radical (unpaired) electrons. The highest BCUT2D eigenvalue weighted by Gasteiger charge is 2.49. The average Bonchev–Trinajstić information content (AvgIpc) is 2.56. The Hall–Kier alpha value is -0.960. The molecule has 142 valence electrons. The Kier molecular flexibility index (Phi) is 5.53. The normalized spacial score (nSPS) is 34.4. The maximum atomic E-state index is 12.7. The Balaban J connectivity index is 1.84. The number of aliphatic carboxylic acids is 1. The molecule has 0 saturated carbocycles. The fourth-order valence-electron chi connectivity index (χ4n) is 4.85. The third kappa shape index (κ3) is 3.77. The molecule has 0 aliphatic carbocycles. The average molecular weight is 372 g/mol. The van der Waals surface area contributed by atoms with E-state index in [0.29, 0.717) is 25.0 Å². The van der Waals surface area contributed by atoms with Crippen LogP contribution >= 0.6 is 0 Å². The number of rotatable bonds is 5. The van der Waals surface area contributed by atoms with Crippen LogP contribution in [0.15, 0.2) is 12.2 Å². The highest BCUT2D eigenvalue weighted by atomic mass is 32.2. The zero-order chi connectivity index (χ0) is 18.2. The minimum Gasteiger partial charge on any atom is -0.481 e. The van der Waals surface area contributed by atoms with Crippen LogP contribution < -0.4 is 0 Å². The number of piperidine rings is 3. The summed E-state index contributed by atoms with van der Waals surface area (Å²) in [7, 11) is -0.248. The number of carboxylic acid groups (broad SMARTS) is 1. The van der Waals surface area contributed by atoms with E-state index in [1.165, 1.54) is 4.31 Å². The number of carboxylic acids is 1. The first kappa shape index (κ1) is 18.8. The molecule has 3 aliphatic rings. The van der Waals surface area contributed by atoms with Gasteiger partial charge in [-0.2, -0.15) is 17.0 Å². The van der Waals surface area contributed by atoms with E-state index in [1.807, 2.05) is 6.08 Å². The monoisotopic (exact) mass is 371 g/mol. The summed E-state index contributed by atoms with van der Waals surface area (Å²) in [6, 6.07) is 0.426. The molecule has 0 amide bonds. The maximum Gasteiger partial charge on any atom is 0.307 e. The number of allylic oxidation sites excluding steroid dienone is 1. The minimum absolute atomic E-state index is 0.0285. The van der Waals surface area contributed by atoms with Crippen LogP contribution in [0.25, 0.3) is 0 Å². The van der Waals surface area contributed by atoms with Crippen molar-refractivity contribution in [2.75, 3.05) is 40.3 Å². The summed E-state index contributed by atoms with van der Waals surface area (Å²) in [6.07, 6.45) is 6.96. The SMILES string of the molecule is CN(C)S(=O)(=O)N1CC2CCCN3CCC(/C=C/CC(=O)O)C(C1)C23. The first-order valence-electron chi connectivity index (χ1n) is 9.11. The fourth-order valence-corrected chi connectivity index (χ4v) is 6.06. The predicted molar refractivity (Wildman–Crippen MR) is 95.3 cm³/mol. The summed E-state index contributed by atoms with van der Waals surface area (Å²) in [5.41, 5.74) is 0. The zero-order valence-corrected chi connectivity index (χ0v) is 15.9. The third-order valence-electron chi connectivity index (χ3n) is 5.98. The van der Waals surface area contributed by atoms with Gasteiger partial charge in [-0.25, -0.2) is 0 Å². The molecule has 25 heavy (non-hydrogen) atoms. The molecule has 1 N–H and O–H groups in total. The summed E-state index contributed by atoms with van der Waals surface area (Å²) in [5.74, 6) is 0.0384. The second kappa shape index (κ2) is 7.34. The van der Waals surface area contributed by atoms with Crippen molar-refractivity contribution in [1.82, 2.24) is 13.5 Å². The van der Waals surface area contributed by atoms with E-state index in [4.69, 9.17) is 5.11 Å². The van der Waals surface area contributed by atoms with Crippen molar-refractivity contribution in [2.24, 2.45) is 17.8 Å². The topological polar surface area (TPSA) is 81.2 Å². The lowest BCUT2D eigenvalue weighted by Crippen LogP contribution is -2.64. The Morgan fingerprint density at radius 1 is 1.24 bits per heavy atom. The van der Waals surface area contributed by atoms with E-state index in [0.717, 1.165) is 32.4 Å². The summed E-state index contributed by atoms with van der Waals surface area (Å²) < 4.78 is 28.3. The van der Waals surface area contributed by atoms with Crippen molar-refractivity contribution >= 4 is 16.2 Å². The van der Waals surface area contributed by atoms with Gasteiger partial charge in [-0.15, -0.1) is 0 Å². The van der Waals surface area contributed by atoms with Crippen LogP contribution in [-0.4, -0.2) is 79.3 Å². The summed E-state index contributed by atoms with van der Waals surface area (Å²) >= 11 is 0. The zero-order valence-electron chi connectivity index (χ0n) is 15.0. The standard InChI is InChI=1S/C17H29N3O4S/c1-18(2)25(23,24)20-11-14-6-4-9-19-10-8-13(5-3-7-16(21)22)15(12-20)17(14)19/h3,5,13-15,17H,4,6-12H2,1-2H3,(H,21,22)/b5-3+. The lowest BCUT2D eigenvalue weighted by Gasteiger charge is -2.55. The highest BCUT2D eigenvalue weighted by Crippen LogP contribution is 2.42. The highest BCUT2D eigenvalue weighted by molar-refractivity contribution is 7.86. The van der Waals surface area contributed by atoms with Gasteiger partial charge in [0.2, 0.25) is 0 Å². The second-order valence-corrected chi connectivity index (χ2v) is 9.82. The summed E-state index contributed by atoms with van der Waals surface area (Å²) in [5, 5.41) is 8.86. The smallest absolute Gasteiger partial charge is 0.307 e. The van der Waals surface area contributed by atoms with E-state index in [2.05, 4.69) is 4.90 Å². The van der Waals surface area contributed by atoms with Gasteiger partial charge in [-0.1, -0.05) is 12.2 Å². The van der Waals surface area contributed by atoms with Gasteiger partial charge >= 0.3 is 5.97 Å². The van der Waals surface area contributed by atoms with Crippen LogP contribution in [-0.2, 0) is 15.0 Å². The van der Waals surface area contributed by atoms with Gasteiger partial charge in [0.25, 0.3) is 10.2 Å². The van der Waals surface area contributed by atoms with Crippen molar-refractivity contribution < 1.29 is 18.3 Å². The van der Waals surface area contributed by atoms with Gasteiger partial charge in [-0.05, 0) is 50.1 Å². The lowest BCUT2D eigenvalue weighted by molar-refractivity contribution is -0.136. The molecular formula is C17H29N3O4S. The van der Waals surface area contributed by atoms with Crippen LogP contribution in [0.4, 0.5) is 0 Å². The van der Waals surface area contributed by atoms with Gasteiger partial charge in [0.15, 0.2) is 0 Å². The second-order valence-electron chi connectivity index (χ2n) is 7.68. The lowest BCUT2D eigenvalue weighted by atomic mass is 9.69. The molecule has 0 aromatic heterocycles. The molecule has 3 fully saturated rings.